The standard InChI is InChI=1S/C31H29N3O/c1-23-12-8-9-17-26(23)27(29-22-32-30-18-10-11-19-34(29)30)21-31(35)33-28(25-15-6-3-7-16-25)20-24-13-4-2-5-14-24/h2-19,22,27-28H,20-21H2,1H3,(H,33,35). The number of nitrogens with zero attached hydrogens (tertiary/aromatic N) is 2. The molecule has 174 valence electrons. The van der Waals surface area contributed by atoms with Crippen molar-refractivity contribution >= 4 is 11.6 Å². The van der Waals surface area contributed by atoms with Crippen molar-refractivity contribution in [3.05, 3.63) is 143 Å². The van der Waals surface area contributed by atoms with Crippen LogP contribution in [0, 0.1) is 6.92 Å². The molecule has 4 heteroatoms. The van der Waals surface area contributed by atoms with Crippen molar-refractivity contribution in [2.45, 2.75) is 31.7 Å². The Morgan fingerprint density at radius 3 is 2.31 bits per heavy atom. The van der Waals surface area contributed by atoms with Gasteiger partial charge in [-0.1, -0.05) is 91.0 Å². The van der Waals surface area contributed by atoms with Gasteiger partial charge in [0.1, 0.15) is 5.65 Å². The highest BCUT2D eigenvalue weighted by Gasteiger charge is 2.25. The molecule has 2 atom stereocenters. The van der Waals surface area contributed by atoms with Crippen molar-refractivity contribution in [1.29, 1.82) is 0 Å². The number of carbonyl (C=O) groups excluding carboxylic acids is 1. The number of imidazole rings is 1. The van der Waals surface area contributed by atoms with Crippen molar-refractivity contribution in [3.8, 4) is 0 Å². The van der Waals surface area contributed by atoms with Crippen LogP contribution >= 0.6 is 0 Å². The molecule has 2 heterocycles. The molecule has 5 aromatic rings. The first kappa shape index (κ1) is 22.6. The van der Waals surface area contributed by atoms with Gasteiger partial charge in [0.05, 0.1) is 11.7 Å². The molecule has 4 nitrogen and oxygen atoms in total. The lowest BCUT2D eigenvalue weighted by atomic mass is 9.89. The number of rotatable bonds is 8. The molecule has 0 saturated heterocycles. The minimum atomic E-state index is -0.109. The van der Waals surface area contributed by atoms with E-state index in [9.17, 15) is 4.79 Å². The number of aromatic nitrogens is 2. The second-order valence-corrected chi connectivity index (χ2v) is 8.95. The zero-order valence-corrected chi connectivity index (χ0v) is 19.8. The molecule has 0 aliphatic rings. The van der Waals surface area contributed by atoms with Gasteiger partial charge in [0.15, 0.2) is 0 Å². The number of benzene rings is 3. The van der Waals surface area contributed by atoms with Crippen molar-refractivity contribution in [2.75, 3.05) is 0 Å². The summed E-state index contributed by atoms with van der Waals surface area (Å²) in [6, 6.07) is 34.7. The Morgan fingerprint density at radius 2 is 1.54 bits per heavy atom. The predicted molar refractivity (Wildman–Crippen MR) is 140 cm³/mol. The Hall–Kier alpha value is -4.18. The minimum Gasteiger partial charge on any atom is -0.349 e. The zero-order valence-electron chi connectivity index (χ0n) is 19.8. The third-order valence-electron chi connectivity index (χ3n) is 6.58. The molecule has 0 fully saturated rings. The van der Waals surface area contributed by atoms with E-state index in [4.69, 9.17) is 0 Å². The van der Waals surface area contributed by atoms with Gasteiger partial charge in [0.25, 0.3) is 0 Å². The van der Waals surface area contributed by atoms with E-state index < -0.39 is 0 Å². The third kappa shape index (κ3) is 5.17. The number of fused-ring (bicyclic) bond motifs is 1. The van der Waals surface area contributed by atoms with Crippen LogP contribution < -0.4 is 5.32 Å². The van der Waals surface area contributed by atoms with E-state index in [1.807, 2.05) is 79.1 Å². The van der Waals surface area contributed by atoms with Gasteiger partial charge in [-0.05, 0) is 47.7 Å². The van der Waals surface area contributed by atoms with E-state index in [0.717, 1.165) is 28.9 Å². The topological polar surface area (TPSA) is 46.4 Å². The van der Waals surface area contributed by atoms with E-state index in [1.54, 1.807) is 0 Å². The fourth-order valence-electron chi connectivity index (χ4n) is 4.79. The lowest BCUT2D eigenvalue weighted by Gasteiger charge is -2.23. The highest BCUT2D eigenvalue weighted by atomic mass is 16.1. The van der Waals surface area contributed by atoms with Crippen LogP contribution in [0.2, 0.25) is 0 Å². The SMILES string of the molecule is Cc1ccccc1C(CC(=O)NC(Cc1ccccc1)c1ccccc1)c1cnc2ccccn12. The molecule has 3 aromatic carbocycles. The predicted octanol–water partition coefficient (Wildman–Crippen LogP) is 6.26. The van der Waals surface area contributed by atoms with Gasteiger partial charge in [-0.25, -0.2) is 4.98 Å². The molecule has 0 radical (unpaired) electrons. The molecule has 0 spiro atoms. The summed E-state index contributed by atoms with van der Waals surface area (Å²) >= 11 is 0. The van der Waals surface area contributed by atoms with E-state index in [2.05, 4.69) is 58.0 Å². The molecular formula is C31H29N3O. The Kier molecular flexibility index (Phi) is 6.71. The molecule has 0 bridgehead atoms. The van der Waals surface area contributed by atoms with Gasteiger partial charge in [0, 0.05) is 24.7 Å². The van der Waals surface area contributed by atoms with Crippen LogP contribution in [0.25, 0.3) is 5.65 Å². The maximum atomic E-state index is 13.6. The van der Waals surface area contributed by atoms with E-state index >= 15 is 0 Å². The first-order valence-electron chi connectivity index (χ1n) is 12.0. The van der Waals surface area contributed by atoms with Crippen LogP contribution in [0.5, 0.6) is 0 Å². The largest absolute Gasteiger partial charge is 0.349 e. The molecular weight excluding hydrogens is 430 g/mol. The van der Waals surface area contributed by atoms with E-state index in [0.29, 0.717) is 6.42 Å². The second-order valence-electron chi connectivity index (χ2n) is 8.95. The summed E-state index contributed by atoms with van der Waals surface area (Å²) in [6.07, 6.45) is 4.99. The summed E-state index contributed by atoms with van der Waals surface area (Å²) in [6.45, 7) is 2.10. The summed E-state index contributed by atoms with van der Waals surface area (Å²) in [4.78, 5) is 18.2. The average Bonchev–Trinajstić information content (AvgIpc) is 3.33. The molecule has 5 rings (SSSR count). The molecule has 2 aromatic heterocycles. The summed E-state index contributed by atoms with van der Waals surface area (Å²) in [5, 5.41) is 3.34. The number of pyridine rings is 1. The Balaban J connectivity index is 1.45. The number of nitrogens with one attached hydrogen (secondary N) is 1. The minimum absolute atomic E-state index is 0.0221. The Labute approximate surface area is 206 Å². The van der Waals surface area contributed by atoms with Crippen molar-refractivity contribution in [2.24, 2.45) is 0 Å². The third-order valence-corrected chi connectivity index (χ3v) is 6.58. The van der Waals surface area contributed by atoms with Gasteiger partial charge in [0.2, 0.25) is 5.91 Å². The fourth-order valence-corrected chi connectivity index (χ4v) is 4.79. The summed E-state index contributed by atoms with van der Waals surface area (Å²) in [7, 11) is 0. The van der Waals surface area contributed by atoms with Gasteiger partial charge in [-0.15, -0.1) is 0 Å². The average molecular weight is 460 g/mol. The second kappa shape index (κ2) is 10.4. The summed E-state index contributed by atoms with van der Waals surface area (Å²) in [5.41, 5.74) is 6.51. The fraction of sp³-hybridized carbons (Fsp3) is 0.161. The van der Waals surface area contributed by atoms with Crippen LogP contribution in [0.4, 0.5) is 0 Å². The number of hydrogen-bond donors (Lipinski definition) is 1. The first-order valence-corrected chi connectivity index (χ1v) is 12.0. The van der Waals surface area contributed by atoms with Crippen LogP contribution in [0.15, 0.2) is 116 Å². The monoisotopic (exact) mass is 459 g/mol. The maximum absolute atomic E-state index is 13.6. The number of aryl methyl sites for hydroxylation is 1. The zero-order chi connectivity index (χ0) is 24.0. The van der Waals surface area contributed by atoms with Crippen LogP contribution in [-0.4, -0.2) is 15.3 Å². The van der Waals surface area contributed by atoms with Crippen LogP contribution in [-0.2, 0) is 11.2 Å². The highest BCUT2D eigenvalue weighted by Crippen LogP contribution is 2.31. The van der Waals surface area contributed by atoms with Crippen LogP contribution in [0.1, 0.15) is 46.3 Å². The van der Waals surface area contributed by atoms with Gasteiger partial charge >= 0.3 is 0 Å². The molecule has 2 unspecified atom stereocenters. The normalized spacial score (nSPS) is 12.8. The van der Waals surface area contributed by atoms with E-state index in [1.165, 1.54) is 11.1 Å². The van der Waals surface area contributed by atoms with Crippen LogP contribution in [0.3, 0.4) is 0 Å². The summed E-state index contributed by atoms with van der Waals surface area (Å²) < 4.78 is 2.09. The van der Waals surface area contributed by atoms with E-state index in [-0.39, 0.29) is 17.9 Å². The maximum Gasteiger partial charge on any atom is 0.221 e. The first-order chi connectivity index (χ1) is 17.2. The summed E-state index contributed by atoms with van der Waals surface area (Å²) in [5.74, 6) is -0.0873. The van der Waals surface area contributed by atoms with Gasteiger partial charge in [-0.3, -0.25) is 4.79 Å². The molecule has 35 heavy (non-hydrogen) atoms. The Bertz CT molecular complexity index is 1410. The molecule has 1 N–H and O–H groups in total. The van der Waals surface area contributed by atoms with Crippen molar-refractivity contribution < 1.29 is 4.79 Å². The smallest absolute Gasteiger partial charge is 0.221 e. The Morgan fingerprint density at radius 1 is 0.857 bits per heavy atom. The number of carbonyl (C=O) groups is 1. The molecule has 1 amide bonds. The lowest BCUT2D eigenvalue weighted by molar-refractivity contribution is -0.122. The van der Waals surface area contributed by atoms with Gasteiger partial charge in [-0.2, -0.15) is 0 Å². The van der Waals surface area contributed by atoms with Crippen molar-refractivity contribution in [1.82, 2.24) is 14.7 Å². The van der Waals surface area contributed by atoms with Crippen molar-refractivity contribution in [3.63, 3.8) is 0 Å². The lowest BCUT2D eigenvalue weighted by Crippen LogP contribution is -2.31. The van der Waals surface area contributed by atoms with Gasteiger partial charge < -0.3 is 9.72 Å². The molecule has 0 saturated carbocycles. The highest BCUT2D eigenvalue weighted by molar-refractivity contribution is 5.78. The quantitative estimate of drug-likeness (QED) is 0.297. The molecule has 0 aliphatic carbocycles. The number of hydrogen-bond acceptors (Lipinski definition) is 2. The molecule has 0 aliphatic heterocycles. The number of amides is 1.